The number of phenolic OH excluding ortho intramolecular Hbond substituents is 4. The van der Waals surface area contributed by atoms with E-state index in [2.05, 4.69) is 0 Å². The molecule has 0 bridgehead atoms. The van der Waals surface area contributed by atoms with Gasteiger partial charge in [-0.2, -0.15) is 0 Å². The molecule has 10 nitrogen and oxygen atoms in total. The fraction of sp³-hybridized carbons (Fsp3) is 0.224. The summed E-state index contributed by atoms with van der Waals surface area (Å²) in [5, 5.41) is 75.2. The largest absolute Gasteiger partial charge is 0.507 e. The highest BCUT2D eigenvalue weighted by atomic mass is 16.6. The van der Waals surface area contributed by atoms with Gasteiger partial charge < -0.3 is 40.5 Å². The van der Waals surface area contributed by atoms with E-state index in [1.54, 1.807) is 55.5 Å². The first-order valence-electron chi connectivity index (χ1n) is 19.2. The molecule has 6 aromatic carbocycles. The molecule has 0 fully saturated rings. The maximum atomic E-state index is 12.1. The molecule has 0 amide bonds. The van der Waals surface area contributed by atoms with E-state index in [0.717, 1.165) is 44.5 Å². The highest BCUT2D eigenvalue weighted by Crippen LogP contribution is 2.37. The van der Waals surface area contributed by atoms with Crippen LogP contribution in [0.1, 0.15) is 110 Å². The van der Waals surface area contributed by atoms with Gasteiger partial charge in [-0.1, -0.05) is 42.5 Å². The Hall–Kier alpha value is -6.62. The minimum atomic E-state index is -1.66. The number of aryl methyl sites for hydroxylation is 4. The third kappa shape index (κ3) is 9.09. The number of phenols is 5. The van der Waals surface area contributed by atoms with Gasteiger partial charge in [0, 0.05) is 12.0 Å². The lowest BCUT2D eigenvalue weighted by Crippen LogP contribution is -2.10. The number of carbonyl (C=O) groups excluding carboxylic acids is 2. The van der Waals surface area contributed by atoms with E-state index in [4.69, 9.17) is 4.74 Å². The van der Waals surface area contributed by atoms with Crippen LogP contribution in [-0.2, 0) is 32.3 Å². The van der Waals surface area contributed by atoms with Crippen molar-refractivity contribution in [2.45, 2.75) is 73.2 Å². The lowest BCUT2D eigenvalue weighted by atomic mass is 9.87. The second-order valence-corrected chi connectivity index (χ2v) is 15.3. The van der Waals surface area contributed by atoms with Crippen LogP contribution in [0.5, 0.6) is 34.5 Å². The Kier molecular flexibility index (Phi) is 12.4. The van der Waals surface area contributed by atoms with Gasteiger partial charge in [0.15, 0.2) is 12.6 Å². The van der Waals surface area contributed by atoms with Crippen molar-refractivity contribution in [2.24, 2.45) is 0 Å². The Balaban J connectivity index is 1.28. The molecular weight excluding hydrogens is 749 g/mol. The average Bonchev–Trinajstić information content (AvgIpc) is 3.20. The summed E-state index contributed by atoms with van der Waals surface area (Å²) in [6, 6.07) is 22.2. The summed E-state index contributed by atoms with van der Waals surface area (Å²) in [7, 11) is 0. The first-order valence-corrected chi connectivity index (χ1v) is 19.2. The van der Waals surface area contributed by atoms with Gasteiger partial charge in [0.2, 0.25) is 6.29 Å². The Morgan fingerprint density at radius 3 is 1.71 bits per heavy atom. The van der Waals surface area contributed by atoms with Crippen LogP contribution in [0.4, 0.5) is 0 Å². The molecule has 6 rings (SSSR count). The van der Waals surface area contributed by atoms with Crippen LogP contribution in [0.25, 0.3) is 0 Å². The summed E-state index contributed by atoms with van der Waals surface area (Å²) >= 11 is 0. The third-order valence-corrected chi connectivity index (χ3v) is 10.9. The van der Waals surface area contributed by atoms with E-state index >= 15 is 0 Å². The molecule has 1 unspecified atom stereocenters. The number of hydrogen-bond acceptors (Lipinski definition) is 10. The summed E-state index contributed by atoms with van der Waals surface area (Å²) in [5.74, 6) is 0.120. The van der Waals surface area contributed by atoms with E-state index in [1.165, 1.54) is 6.07 Å². The maximum Gasteiger partial charge on any atom is 0.227 e. The van der Waals surface area contributed by atoms with Crippen molar-refractivity contribution in [3.63, 3.8) is 0 Å². The first kappa shape index (κ1) is 42.0. The lowest BCUT2D eigenvalue weighted by molar-refractivity contribution is -0.0213. The second kappa shape index (κ2) is 17.5. The van der Waals surface area contributed by atoms with Crippen molar-refractivity contribution in [3.8, 4) is 34.5 Å². The molecule has 0 aliphatic rings. The van der Waals surface area contributed by atoms with Crippen molar-refractivity contribution in [3.05, 3.63) is 173 Å². The van der Waals surface area contributed by atoms with Gasteiger partial charge in [0.1, 0.15) is 34.5 Å². The van der Waals surface area contributed by atoms with E-state index in [-0.39, 0.29) is 64.0 Å². The monoisotopic (exact) mass is 796 g/mol. The number of aromatic hydroxyl groups is 5. The van der Waals surface area contributed by atoms with Crippen LogP contribution >= 0.6 is 0 Å². The lowest BCUT2D eigenvalue weighted by Gasteiger charge is -2.20. The van der Waals surface area contributed by atoms with Gasteiger partial charge in [0.25, 0.3) is 0 Å². The number of hydrogen-bond donors (Lipinski definition) is 7. The Morgan fingerprint density at radius 2 is 1.07 bits per heavy atom. The molecule has 10 heteroatoms. The maximum absolute atomic E-state index is 12.1. The van der Waals surface area contributed by atoms with Gasteiger partial charge in [-0.3, -0.25) is 9.59 Å². The zero-order chi connectivity index (χ0) is 42.7. The number of aliphatic hydroxyl groups is 2. The second-order valence-electron chi connectivity index (χ2n) is 15.3. The highest BCUT2D eigenvalue weighted by Gasteiger charge is 2.22. The van der Waals surface area contributed by atoms with Gasteiger partial charge in [0.05, 0.1) is 23.3 Å². The zero-order valence-corrected chi connectivity index (χ0v) is 33.6. The zero-order valence-electron chi connectivity index (χ0n) is 33.6. The van der Waals surface area contributed by atoms with Crippen LogP contribution in [-0.4, -0.2) is 48.3 Å². The van der Waals surface area contributed by atoms with Gasteiger partial charge in [-0.15, -0.1) is 0 Å². The van der Waals surface area contributed by atoms with Crippen LogP contribution in [0.3, 0.4) is 0 Å². The molecule has 0 spiro atoms. The van der Waals surface area contributed by atoms with Crippen molar-refractivity contribution >= 4 is 12.6 Å². The first-order chi connectivity index (χ1) is 28.1. The van der Waals surface area contributed by atoms with Crippen LogP contribution in [0, 0.1) is 34.6 Å². The van der Waals surface area contributed by atoms with Gasteiger partial charge in [-0.05, 0) is 163 Å². The molecule has 0 radical (unpaired) electrons. The molecule has 304 valence electrons. The van der Waals surface area contributed by atoms with E-state index in [1.807, 2.05) is 52.0 Å². The molecule has 0 heterocycles. The number of aliphatic hydroxyl groups excluding tert-OH is 2. The third-order valence-electron chi connectivity index (χ3n) is 10.9. The molecule has 1 atom stereocenters. The van der Waals surface area contributed by atoms with E-state index < -0.39 is 12.9 Å². The number of benzene rings is 6. The van der Waals surface area contributed by atoms with Crippen LogP contribution < -0.4 is 4.74 Å². The van der Waals surface area contributed by atoms with Crippen molar-refractivity contribution in [1.82, 2.24) is 0 Å². The van der Waals surface area contributed by atoms with E-state index in [0.29, 0.717) is 58.8 Å². The number of rotatable bonds is 14. The highest BCUT2D eigenvalue weighted by molar-refractivity contribution is 5.80. The summed E-state index contributed by atoms with van der Waals surface area (Å²) < 4.78 is 5.85. The fourth-order valence-electron chi connectivity index (χ4n) is 7.79. The van der Waals surface area contributed by atoms with E-state index in [9.17, 15) is 45.3 Å². The minimum absolute atomic E-state index is 0.0600. The minimum Gasteiger partial charge on any atom is -0.507 e. The Bertz CT molecular complexity index is 2570. The van der Waals surface area contributed by atoms with Crippen LogP contribution in [0.2, 0.25) is 0 Å². The molecule has 0 aliphatic heterocycles. The van der Waals surface area contributed by atoms with Gasteiger partial charge >= 0.3 is 0 Å². The normalized spacial score (nSPS) is 11.7. The number of carbonyl (C=O) groups is 2. The quantitative estimate of drug-likeness (QED) is 0.0418. The summed E-state index contributed by atoms with van der Waals surface area (Å²) in [5.41, 5.74) is 10.3. The molecule has 0 saturated heterocycles. The van der Waals surface area contributed by atoms with Gasteiger partial charge in [-0.25, -0.2) is 0 Å². The molecule has 0 aliphatic carbocycles. The topological polar surface area (TPSA) is 185 Å². The summed E-state index contributed by atoms with van der Waals surface area (Å²) in [4.78, 5) is 23.4. The smallest absolute Gasteiger partial charge is 0.227 e. The number of ether oxygens (including phenoxy) is 1. The van der Waals surface area contributed by atoms with Crippen LogP contribution in [0.15, 0.2) is 78.9 Å². The molecule has 0 saturated carbocycles. The Labute approximate surface area is 342 Å². The Morgan fingerprint density at radius 1 is 0.525 bits per heavy atom. The molecule has 0 aromatic heterocycles. The number of aldehydes is 2. The van der Waals surface area contributed by atoms with Crippen molar-refractivity contribution < 1.29 is 50.1 Å². The fourth-order valence-corrected chi connectivity index (χ4v) is 7.79. The summed E-state index contributed by atoms with van der Waals surface area (Å²) in [6.45, 7) is 8.64. The van der Waals surface area contributed by atoms with Crippen molar-refractivity contribution in [2.75, 3.05) is 0 Å². The predicted octanol–water partition coefficient (Wildman–Crippen LogP) is 8.31. The van der Waals surface area contributed by atoms with Crippen molar-refractivity contribution in [1.29, 1.82) is 0 Å². The predicted molar refractivity (Wildman–Crippen MR) is 224 cm³/mol. The summed E-state index contributed by atoms with van der Waals surface area (Å²) in [6.07, 6.45) is 0.912. The SMILES string of the molecule is Cc1cc(Cc2cc(C)c(O)c(C)c2Cc2cc(Cc3cc(C)c(O)c(C(O)Oc4ccc(Cc5ccc(O)c(C=O)c5)cc4C=O)c3)cc(CO)c2O)cc(C)c1O. The molecule has 6 aromatic rings. The standard InChI is InChI=1S/C49H48O10/c1-26-10-33(11-27(2)45(26)54)18-36-13-29(4)46(55)30(5)41(36)22-37-19-35(20-40(25-52)48(37)57)15-34-12-28(3)47(56)42(21-34)49(58)59-44-9-7-32(17-39(44)24-51)14-31-6-8-43(53)38(16-31)23-50/h6-13,16-17,19-21,23-24,49,52-58H,14-15,18,22,25H2,1-5H3. The average molecular weight is 797 g/mol. The molecule has 59 heavy (non-hydrogen) atoms. The molecule has 7 N–H and O–H groups in total. The molecular formula is C49H48O10.